The van der Waals surface area contributed by atoms with Gasteiger partial charge < -0.3 is 0 Å². The lowest BCUT2D eigenvalue weighted by molar-refractivity contribution is -0.119. The molecule has 0 unspecified atom stereocenters. The van der Waals surface area contributed by atoms with E-state index in [1.165, 1.54) is 4.31 Å². The van der Waals surface area contributed by atoms with Crippen molar-refractivity contribution < 1.29 is 13.2 Å². The fourth-order valence-corrected chi connectivity index (χ4v) is 5.40. The largest absolute Gasteiger partial charge is 0.297 e. The van der Waals surface area contributed by atoms with Gasteiger partial charge in [0, 0.05) is 12.5 Å². The van der Waals surface area contributed by atoms with Gasteiger partial charge in [0.1, 0.15) is 6.04 Å². The van der Waals surface area contributed by atoms with Crippen LogP contribution in [0.2, 0.25) is 0 Å². The summed E-state index contributed by atoms with van der Waals surface area (Å²) in [7, 11) is -3.75. The molecule has 4 nitrogen and oxygen atoms in total. The molecule has 0 N–H and O–H groups in total. The number of aryl methyl sites for hydroxylation is 1. The highest BCUT2D eigenvalue weighted by Gasteiger charge is 2.47. The molecule has 0 radical (unpaired) electrons. The third kappa shape index (κ3) is 3.60. The molecule has 5 heteroatoms. The molecule has 138 valence electrons. The van der Waals surface area contributed by atoms with Crippen LogP contribution in [0.3, 0.4) is 0 Å². The summed E-state index contributed by atoms with van der Waals surface area (Å²) in [6, 6.07) is 15.1. The molecule has 26 heavy (non-hydrogen) atoms. The first-order valence-corrected chi connectivity index (χ1v) is 10.6. The molecule has 1 fully saturated rings. The maximum absolute atomic E-state index is 13.4. The monoisotopic (exact) mass is 371 g/mol. The van der Waals surface area contributed by atoms with E-state index in [0.717, 1.165) is 24.0 Å². The van der Waals surface area contributed by atoms with Crippen molar-refractivity contribution in [3.8, 4) is 0 Å². The summed E-state index contributed by atoms with van der Waals surface area (Å²) in [5.41, 5.74) is 1.75. The zero-order valence-corrected chi connectivity index (χ0v) is 16.1. The SMILES string of the molecule is CCCC[C@@H]1CC(=O)[C@H](c2ccccc2)N1S(=O)(=O)c1ccc(C)cc1. The Balaban J connectivity index is 2.06. The Morgan fingerprint density at radius 1 is 1.04 bits per heavy atom. The Morgan fingerprint density at radius 2 is 1.69 bits per heavy atom. The molecule has 1 heterocycles. The second-order valence-corrected chi connectivity index (χ2v) is 8.77. The lowest BCUT2D eigenvalue weighted by Gasteiger charge is -2.28. The molecule has 2 aromatic rings. The van der Waals surface area contributed by atoms with Gasteiger partial charge in [-0.25, -0.2) is 8.42 Å². The topological polar surface area (TPSA) is 54.5 Å². The van der Waals surface area contributed by atoms with Crippen LogP contribution in [0, 0.1) is 6.92 Å². The first-order valence-electron chi connectivity index (χ1n) is 9.13. The predicted octanol–water partition coefficient (Wildman–Crippen LogP) is 4.26. The standard InChI is InChI=1S/C21H25NO3S/c1-3-4-10-18-15-20(23)21(17-8-6-5-7-9-17)22(18)26(24,25)19-13-11-16(2)12-14-19/h5-9,11-14,18,21H,3-4,10,15H2,1-2H3/t18-,21+/m1/s1. The highest BCUT2D eigenvalue weighted by molar-refractivity contribution is 7.89. The minimum absolute atomic E-state index is 0.0204. The highest BCUT2D eigenvalue weighted by atomic mass is 32.2. The van der Waals surface area contributed by atoms with Crippen LogP contribution in [-0.4, -0.2) is 24.5 Å². The van der Waals surface area contributed by atoms with Gasteiger partial charge in [-0.3, -0.25) is 4.79 Å². The molecule has 0 saturated carbocycles. The summed E-state index contributed by atoms with van der Waals surface area (Å²) in [6.45, 7) is 4.00. The molecule has 0 aromatic heterocycles. The molecule has 1 aliphatic rings. The van der Waals surface area contributed by atoms with Crippen LogP contribution in [0.1, 0.15) is 49.8 Å². The smallest absolute Gasteiger partial charge is 0.244 e. The first-order chi connectivity index (χ1) is 12.4. The quantitative estimate of drug-likeness (QED) is 0.762. The van der Waals surface area contributed by atoms with E-state index in [0.29, 0.717) is 6.42 Å². The summed E-state index contributed by atoms with van der Waals surface area (Å²) in [5.74, 6) is -0.0204. The van der Waals surface area contributed by atoms with E-state index in [9.17, 15) is 13.2 Å². The van der Waals surface area contributed by atoms with E-state index in [1.807, 2.05) is 37.3 Å². The second kappa shape index (κ2) is 7.72. The zero-order chi connectivity index (χ0) is 18.7. The fourth-order valence-electron chi connectivity index (χ4n) is 3.59. The number of rotatable bonds is 6. The average molecular weight is 372 g/mol. The van der Waals surface area contributed by atoms with Gasteiger partial charge in [-0.05, 0) is 31.0 Å². The fraction of sp³-hybridized carbons (Fsp3) is 0.381. The van der Waals surface area contributed by atoms with Crippen LogP contribution < -0.4 is 0 Å². The van der Waals surface area contributed by atoms with Crippen molar-refractivity contribution in [1.29, 1.82) is 0 Å². The molecule has 0 amide bonds. The minimum atomic E-state index is -3.75. The van der Waals surface area contributed by atoms with Crippen LogP contribution in [0.4, 0.5) is 0 Å². The summed E-state index contributed by atoms with van der Waals surface area (Å²) in [4.78, 5) is 13.0. The third-order valence-corrected chi connectivity index (χ3v) is 6.89. The maximum atomic E-state index is 13.4. The average Bonchev–Trinajstić information content (AvgIpc) is 2.98. The lowest BCUT2D eigenvalue weighted by atomic mass is 10.0. The Morgan fingerprint density at radius 3 is 2.31 bits per heavy atom. The number of carbonyl (C=O) groups is 1. The molecular formula is C21H25NO3S. The van der Waals surface area contributed by atoms with Crippen LogP contribution >= 0.6 is 0 Å². The molecule has 3 rings (SSSR count). The lowest BCUT2D eigenvalue weighted by Crippen LogP contribution is -2.38. The van der Waals surface area contributed by atoms with Gasteiger partial charge in [0.15, 0.2) is 5.78 Å². The van der Waals surface area contributed by atoms with Crippen molar-refractivity contribution in [2.45, 2.75) is 56.5 Å². The van der Waals surface area contributed by atoms with Crippen LogP contribution in [0.25, 0.3) is 0 Å². The Kier molecular flexibility index (Phi) is 5.58. The van der Waals surface area contributed by atoms with Gasteiger partial charge in [-0.1, -0.05) is 67.8 Å². The maximum Gasteiger partial charge on any atom is 0.244 e. The molecular weight excluding hydrogens is 346 g/mol. The van der Waals surface area contributed by atoms with E-state index in [-0.39, 0.29) is 23.1 Å². The summed E-state index contributed by atoms with van der Waals surface area (Å²) < 4.78 is 28.3. The second-order valence-electron chi connectivity index (χ2n) is 6.93. The molecule has 2 atom stereocenters. The number of carbonyl (C=O) groups excluding carboxylic acids is 1. The number of unbranched alkanes of at least 4 members (excludes halogenated alkanes) is 1. The first kappa shape index (κ1) is 18.8. The Bertz CT molecular complexity index is 860. The van der Waals surface area contributed by atoms with E-state index in [4.69, 9.17) is 0 Å². The highest BCUT2D eigenvalue weighted by Crippen LogP contribution is 2.39. The van der Waals surface area contributed by atoms with Crippen molar-refractivity contribution in [2.75, 3.05) is 0 Å². The molecule has 0 bridgehead atoms. The minimum Gasteiger partial charge on any atom is -0.297 e. The van der Waals surface area contributed by atoms with E-state index in [1.54, 1.807) is 24.3 Å². The number of Topliss-reactive ketones (excluding diaryl/α,β-unsaturated/α-hetero) is 1. The van der Waals surface area contributed by atoms with Crippen LogP contribution in [0.15, 0.2) is 59.5 Å². The van der Waals surface area contributed by atoms with Gasteiger partial charge in [0.05, 0.1) is 4.90 Å². The van der Waals surface area contributed by atoms with Crippen molar-refractivity contribution in [3.05, 3.63) is 65.7 Å². The Hall–Kier alpha value is -1.98. The molecule has 2 aromatic carbocycles. The summed E-state index contributed by atoms with van der Waals surface area (Å²) >= 11 is 0. The molecule has 1 aliphatic heterocycles. The van der Waals surface area contributed by atoms with Gasteiger partial charge in [-0.2, -0.15) is 4.31 Å². The van der Waals surface area contributed by atoms with Gasteiger partial charge in [0.2, 0.25) is 10.0 Å². The third-order valence-electron chi connectivity index (χ3n) is 4.96. The van der Waals surface area contributed by atoms with Gasteiger partial charge >= 0.3 is 0 Å². The predicted molar refractivity (Wildman–Crippen MR) is 102 cm³/mol. The van der Waals surface area contributed by atoms with E-state index >= 15 is 0 Å². The summed E-state index contributed by atoms with van der Waals surface area (Å²) in [5, 5.41) is 0. The number of ketones is 1. The zero-order valence-electron chi connectivity index (χ0n) is 15.3. The molecule has 0 aliphatic carbocycles. The number of benzene rings is 2. The van der Waals surface area contributed by atoms with Crippen molar-refractivity contribution in [2.24, 2.45) is 0 Å². The number of hydrogen-bond acceptors (Lipinski definition) is 3. The van der Waals surface area contributed by atoms with Crippen LogP contribution in [-0.2, 0) is 14.8 Å². The van der Waals surface area contributed by atoms with E-state index in [2.05, 4.69) is 6.92 Å². The summed E-state index contributed by atoms with van der Waals surface area (Å²) in [6.07, 6.45) is 2.86. The molecule has 1 saturated heterocycles. The van der Waals surface area contributed by atoms with Gasteiger partial charge in [0.25, 0.3) is 0 Å². The van der Waals surface area contributed by atoms with Crippen molar-refractivity contribution in [1.82, 2.24) is 4.31 Å². The van der Waals surface area contributed by atoms with Crippen molar-refractivity contribution >= 4 is 15.8 Å². The Labute approximate surface area is 155 Å². The molecule has 0 spiro atoms. The van der Waals surface area contributed by atoms with Crippen molar-refractivity contribution in [3.63, 3.8) is 0 Å². The normalized spacial score (nSPS) is 21.2. The van der Waals surface area contributed by atoms with E-state index < -0.39 is 16.1 Å². The number of nitrogens with zero attached hydrogens (tertiary/aromatic N) is 1. The van der Waals surface area contributed by atoms with Gasteiger partial charge in [-0.15, -0.1) is 0 Å². The number of hydrogen-bond donors (Lipinski definition) is 0. The van der Waals surface area contributed by atoms with Crippen LogP contribution in [0.5, 0.6) is 0 Å². The number of sulfonamides is 1.